The third-order valence-electron chi connectivity index (χ3n) is 6.57. The molecule has 0 bridgehead atoms. The molecule has 33 heavy (non-hydrogen) atoms. The highest BCUT2D eigenvalue weighted by Crippen LogP contribution is 2.38. The fourth-order valence-corrected chi connectivity index (χ4v) is 4.12. The quantitative estimate of drug-likeness (QED) is 0.499. The topological polar surface area (TPSA) is 69.9 Å². The number of furan rings is 1. The Labute approximate surface area is 195 Å². The van der Waals surface area contributed by atoms with Crippen molar-refractivity contribution in [3.05, 3.63) is 74.7 Å². The molecule has 6 nitrogen and oxygen atoms in total. The molecule has 0 atom stereocenters. The van der Waals surface area contributed by atoms with E-state index < -0.39 is 0 Å². The van der Waals surface area contributed by atoms with Gasteiger partial charge in [-0.2, -0.15) is 0 Å². The molecule has 1 amide bonds. The van der Waals surface area contributed by atoms with Crippen molar-refractivity contribution in [2.45, 2.75) is 47.6 Å². The number of hydrogen-bond donors (Lipinski definition) is 1. The Morgan fingerprint density at radius 3 is 1.88 bits per heavy atom. The van der Waals surface area contributed by atoms with Crippen molar-refractivity contribution >= 4 is 5.91 Å². The van der Waals surface area contributed by atoms with E-state index in [-0.39, 0.29) is 11.7 Å². The van der Waals surface area contributed by atoms with Crippen LogP contribution in [-0.2, 0) is 13.0 Å². The third-order valence-corrected chi connectivity index (χ3v) is 6.57. The minimum atomic E-state index is -0.278. The number of benzene rings is 2. The summed E-state index contributed by atoms with van der Waals surface area (Å²) >= 11 is 0. The molecule has 0 radical (unpaired) electrons. The molecular weight excluding hydrogens is 418 g/mol. The van der Waals surface area contributed by atoms with E-state index in [0.29, 0.717) is 30.2 Å². The van der Waals surface area contributed by atoms with Gasteiger partial charge in [0.2, 0.25) is 5.75 Å². The minimum absolute atomic E-state index is 0.278. The Balaban J connectivity index is 1.74. The molecule has 6 heteroatoms. The molecule has 2 aromatic carbocycles. The van der Waals surface area contributed by atoms with Crippen LogP contribution in [0.2, 0.25) is 0 Å². The third kappa shape index (κ3) is 4.85. The molecule has 0 fully saturated rings. The molecule has 3 aromatic rings. The minimum Gasteiger partial charge on any atom is -0.493 e. The van der Waals surface area contributed by atoms with Crippen LogP contribution in [0.25, 0.3) is 0 Å². The normalized spacial score (nSPS) is 10.8. The highest BCUT2D eigenvalue weighted by molar-refractivity contribution is 5.91. The smallest absolute Gasteiger partial charge is 0.287 e. The summed E-state index contributed by atoms with van der Waals surface area (Å²) in [5.41, 5.74) is 8.59. The maximum Gasteiger partial charge on any atom is 0.287 e. The van der Waals surface area contributed by atoms with E-state index >= 15 is 0 Å². The van der Waals surface area contributed by atoms with Crippen molar-refractivity contribution in [1.82, 2.24) is 5.32 Å². The fraction of sp³-hybridized carbons (Fsp3) is 0.370. The Kier molecular flexibility index (Phi) is 7.36. The lowest BCUT2D eigenvalue weighted by Gasteiger charge is -2.18. The molecule has 176 valence electrons. The molecule has 0 saturated heterocycles. The zero-order chi connectivity index (χ0) is 24.3. The summed E-state index contributed by atoms with van der Waals surface area (Å²) in [5, 5.41) is 2.90. The highest BCUT2D eigenvalue weighted by Gasteiger charge is 2.17. The van der Waals surface area contributed by atoms with Crippen LogP contribution in [-0.4, -0.2) is 27.2 Å². The lowest BCUT2D eigenvalue weighted by atomic mass is 9.88. The number of methoxy groups -OCH3 is 3. The van der Waals surface area contributed by atoms with Gasteiger partial charge in [-0.25, -0.2) is 0 Å². The van der Waals surface area contributed by atoms with Crippen molar-refractivity contribution in [1.29, 1.82) is 0 Å². The average Bonchev–Trinajstić information content (AvgIpc) is 3.30. The molecule has 0 spiro atoms. The van der Waals surface area contributed by atoms with Crippen molar-refractivity contribution < 1.29 is 23.4 Å². The van der Waals surface area contributed by atoms with Crippen molar-refractivity contribution in [3.8, 4) is 17.2 Å². The summed E-state index contributed by atoms with van der Waals surface area (Å²) in [7, 11) is 4.67. The van der Waals surface area contributed by atoms with Gasteiger partial charge in [0.15, 0.2) is 17.3 Å². The zero-order valence-corrected chi connectivity index (χ0v) is 20.8. The number of carbonyl (C=O) groups excluding carboxylic acids is 1. The molecule has 1 aromatic heterocycles. The van der Waals surface area contributed by atoms with Crippen LogP contribution in [0.15, 0.2) is 28.7 Å². The molecule has 0 aliphatic carbocycles. The largest absolute Gasteiger partial charge is 0.493 e. The second-order valence-electron chi connectivity index (χ2n) is 8.26. The number of ether oxygens (including phenoxy) is 3. The number of carbonyl (C=O) groups is 1. The summed E-state index contributed by atoms with van der Waals surface area (Å²) < 4.78 is 22.0. The predicted molar refractivity (Wildman–Crippen MR) is 129 cm³/mol. The zero-order valence-electron chi connectivity index (χ0n) is 20.8. The Morgan fingerprint density at radius 1 is 0.818 bits per heavy atom. The lowest BCUT2D eigenvalue weighted by Crippen LogP contribution is -2.22. The second-order valence-corrected chi connectivity index (χ2v) is 8.26. The van der Waals surface area contributed by atoms with Crippen LogP contribution in [0.1, 0.15) is 55.3 Å². The van der Waals surface area contributed by atoms with Gasteiger partial charge in [0.25, 0.3) is 5.91 Å². The molecule has 1 N–H and O–H groups in total. The van der Waals surface area contributed by atoms with Crippen LogP contribution in [0.4, 0.5) is 0 Å². The first-order valence-electron chi connectivity index (χ1n) is 10.9. The van der Waals surface area contributed by atoms with Gasteiger partial charge < -0.3 is 23.9 Å². The first-order chi connectivity index (χ1) is 15.7. The first kappa shape index (κ1) is 24.2. The van der Waals surface area contributed by atoms with Crippen LogP contribution in [0.5, 0.6) is 17.2 Å². The van der Waals surface area contributed by atoms with E-state index in [9.17, 15) is 4.79 Å². The van der Waals surface area contributed by atoms with E-state index in [2.05, 4.69) is 39.9 Å². The molecular formula is C27H33NO5. The van der Waals surface area contributed by atoms with Crippen LogP contribution in [0, 0.1) is 34.6 Å². The maximum absolute atomic E-state index is 12.7. The molecule has 3 rings (SSSR count). The van der Waals surface area contributed by atoms with Crippen molar-refractivity contribution in [2.24, 2.45) is 0 Å². The monoisotopic (exact) mass is 451 g/mol. The van der Waals surface area contributed by atoms with Gasteiger partial charge in [0.05, 0.1) is 21.3 Å². The second kappa shape index (κ2) is 10.0. The number of hydrogen-bond acceptors (Lipinski definition) is 5. The van der Waals surface area contributed by atoms with E-state index in [1.54, 1.807) is 27.4 Å². The summed E-state index contributed by atoms with van der Waals surface area (Å²) in [6.45, 7) is 11.1. The van der Waals surface area contributed by atoms with Crippen molar-refractivity contribution in [3.63, 3.8) is 0 Å². The molecule has 0 aliphatic rings. The summed E-state index contributed by atoms with van der Waals surface area (Å²) in [6.07, 6.45) is 0.653. The van der Waals surface area contributed by atoms with Crippen LogP contribution >= 0.6 is 0 Å². The Morgan fingerprint density at radius 2 is 1.36 bits per heavy atom. The van der Waals surface area contributed by atoms with Gasteiger partial charge in [-0.05, 0) is 97.8 Å². The SMILES string of the molecule is COc1cc(CNC(=O)c2ccc(Cc3c(C)c(C)c(C)c(C)c3C)o2)cc(OC)c1OC. The molecule has 0 aliphatic heterocycles. The summed E-state index contributed by atoms with van der Waals surface area (Å²) in [5.74, 6) is 2.36. The first-order valence-corrected chi connectivity index (χ1v) is 10.9. The van der Waals surface area contributed by atoms with Gasteiger partial charge in [0, 0.05) is 13.0 Å². The van der Waals surface area contributed by atoms with Gasteiger partial charge in [-0.1, -0.05) is 0 Å². The van der Waals surface area contributed by atoms with Gasteiger partial charge in [0.1, 0.15) is 5.76 Å². The van der Waals surface area contributed by atoms with E-state index in [4.69, 9.17) is 18.6 Å². The summed E-state index contributed by atoms with van der Waals surface area (Å²) in [4.78, 5) is 12.7. The van der Waals surface area contributed by atoms with Crippen LogP contribution < -0.4 is 19.5 Å². The highest BCUT2D eigenvalue weighted by atomic mass is 16.5. The van der Waals surface area contributed by atoms with Gasteiger partial charge in [-0.15, -0.1) is 0 Å². The number of rotatable bonds is 8. The lowest BCUT2D eigenvalue weighted by molar-refractivity contribution is 0.0921. The molecule has 1 heterocycles. The number of nitrogens with one attached hydrogen (secondary N) is 1. The Hall–Kier alpha value is -3.41. The van der Waals surface area contributed by atoms with E-state index in [1.165, 1.54) is 33.4 Å². The van der Waals surface area contributed by atoms with Gasteiger partial charge in [-0.3, -0.25) is 4.79 Å². The van der Waals surface area contributed by atoms with Crippen LogP contribution in [0.3, 0.4) is 0 Å². The average molecular weight is 452 g/mol. The maximum atomic E-state index is 12.7. The van der Waals surface area contributed by atoms with E-state index in [0.717, 1.165) is 11.3 Å². The molecule has 0 unspecified atom stereocenters. The van der Waals surface area contributed by atoms with E-state index in [1.807, 2.05) is 18.2 Å². The molecule has 0 saturated carbocycles. The standard InChI is InChI=1S/C27H33NO5/c1-15-16(2)18(4)22(19(5)17(15)3)13-21-9-10-23(33-21)27(29)28-14-20-11-24(30-6)26(32-8)25(12-20)31-7/h9-12H,13-14H2,1-8H3,(H,28,29). The van der Waals surface area contributed by atoms with Gasteiger partial charge >= 0.3 is 0 Å². The van der Waals surface area contributed by atoms with Crippen molar-refractivity contribution in [2.75, 3.05) is 21.3 Å². The Bertz CT molecular complexity index is 1120. The predicted octanol–water partition coefficient (Wildman–Crippen LogP) is 5.37. The fourth-order valence-electron chi connectivity index (χ4n) is 4.12. The summed E-state index contributed by atoms with van der Waals surface area (Å²) in [6, 6.07) is 7.21. The number of amides is 1.